The average Bonchev–Trinajstić information content (AvgIpc) is 3.07. The van der Waals surface area contributed by atoms with Crippen LogP contribution in [-0.2, 0) is 39.0 Å². The molecule has 0 radical (unpaired) electrons. The molecule has 0 nitrogen and oxygen atoms in total. The van der Waals surface area contributed by atoms with Crippen LogP contribution in [0.25, 0.3) is 21.5 Å². The van der Waals surface area contributed by atoms with Gasteiger partial charge in [-0.05, 0) is 26.7 Å². The Balaban J connectivity index is 0.00000104. The number of aryl methyl sites for hydroxylation is 4. The van der Waals surface area contributed by atoms with Crippen LogP contribution in [0.15, 0.2) is 60.7 Å². The van der Waals surface area contributed by atoms with Crippen molar-refractivity contribution >= 4 is 21.5 Å². The molecule has 0 bridgehead atoms. The quantitative estimate of drug-likeness (QED) is 0.384. The molecule has 0 spiro atoms. The minimum atomic E-state index is 0. The van der Waals surface area contributed by atoms with E-state index < -0.39 is 0 Å². The van der Waals surface area contributed by atoms with Gasteiger partial charge in [-0.15, -0.1) is 81.2 Å². The first-order valence-corrected chi connectivity index (χ1v) is 7.99. The van der Waals surface area contributed by atoms with Gasteiger partial charge in [-0.3, -0.25) is 0 Å². The molecule has 0 aromatic heterocycles. The van der Waals surface area contributed by atoms with Crippen LogP contribution in [0.1, 0.15) is 22.3 Å². The van der Waals surface area contributed by atoms with Crippen molar-refractivity contribution in [3.8, 4) is 0 Å². The summed E-state index contributed by atoms with van der Waals surface area (Å²) >= 11 is 0. The summed E-state index contributed by atoms with van der Waals surface area (Å²) in [6.45, 7) is 4.31. The van der Waals surface area contributed by atoms with Crippen LogP contribution in [0.4, 0.5) is 0 Å². The zero-order valence-electron chi connectivity index (χ0n) is 14.4. The smallest absolute Gasteiger partial charge is 1.00 e. The monoisotopic (exact) mass is 444 g/mol. The topological polar surface area (TPSA) is 0 Å². The summed E-state index contributed by atoms with van der Waals surface area (Å²) in [6.07, 6.45) is 2.23. The number of fused-ring (bicyclic) bond motifs is 2. The van der Waals surface area contributed by atoms with Gasteiger partial charge in [-0.2, -0.15) is 12.1 Å². The molecule has 0 aliphatic heterocycles. The minimum absolute atomic E-state index is 0. The van der Waals surface area contributed by atoms with Crippen LogP contribution < -0.4 is 24.8 Å². The third kappa shape index (κ3) is 4.85. The maximum absolute atomic E-state index is 2.34. The van der Waals surface area contributed by atoms with E-state index >= 15 is 0 Å². The van der Waals surface area contributed by atoms with Crippen molar-refractivity contribution in [3.05, 3.63) is 82.9 Å². The molecule has 0 heterocycles. The Bertz CT molecular complexity index is 883. The van der Waals surface area contributed by atoms with E-state index in [4.69, 9.17) is 0 Å². The number of rotatable bonds is 3. The third-order valence-electron chi connectivity index (χ3n) is 4.55. The fourth-order valence-corrected chi connectivity index (χ4v) is 3.36. The van der Waals surface area contributed by atoms with E-state index in [1.54, 1.807) is 0 Å². The van der Waals surface area contributed by atoms with Crippen LogP contribution in [0, 0.1) is 13.8 Å². The Morgan fingerprint density at radius 1 is 0.640 bits per heavy atom. The van der Waals surface area contributed by atoms with Gasteiger partial charge in [0.2, 0.25) is 0 Å². The third-order valence-corrected chi connectivity index (χ3v) is 4.55. The molecule has 0 N–H and O–H groups in total. The second-order valence-electron chi connectivity index (χ2n) is 6.49. The summed E-state index contributed by atoms with van der Waals surface area (Å²) in [7, 11) is 0. The molecule has 0 aliphatic rings. The van der Waals surface area contributed by atoms with E-state index in [0.717, 1.165) is 12.8 Å². The van der Waals surface area contributed by atoms with Crippen molar-refractivity contribution < 1.29 is 51.0 Å². The molecule has 4 rings (SSSR count). The van der Waals surface area contributed by atoms with Gasteiger partial charge in [-0.25, -0.2) is 0 Å². The van der Waals surface area contributed by atoms with E-state index in [-0.39, 0.29) is 51.0 Å². The first kappa shape index (κ1) is 22.2. The summed E-state index contributed by atoms with van der Waals surface area (Å²) in [4.78, 5) is 0. The second-order valence-corrected chi connectivity index (χ2v) is 6.49. The Hall–Kier alpha value is -0.877. The SMILES string of the molecule is Cc1ccc2[cH-]c(CCc3cc4cc(C)ccc4[cH-]3)cc2c1.[Cl-].[Cl-].[Zr+4]. The Labute approximate surface area is 181 Å². The molecular formula is C22H20Cl2Zr. The molecule has 0 unspecified atom stereocenters. The van der Waals surface area contributed by atoms with Gasteiger partial charge in [0, 0.05) is 0 Å². The molecule has 0 atom stereocenters. The van der Waals surface area contributed by atoms with Gasteiger partial charge >= 0.3 is 26.2 Å². The zero-order valence-corrected chi connectivity index (χ0v) is 18.4. The Kier molecular flexibility index (Phi) is 8.13. The Morgan fingerprint density at radius 3 is 1.44 bits per heavy atom. The molecule has 0 amide bonds. The van der Waals surface area contributed by atoms with Crippen molar-refractivity contribution in [2.24, 2.45) is 0 Å². The van der Waals surface area contributed by atoms with E-state index in [2.05, 4.69) is 74.5 Å². The maximum atomic E-state index is 2.34. The summed E-state index contributed by atoms with van der Waals surface area (Å²) in [5.74, 6) is 0. The molecule has 0 saturated carbocycles. The van der Waals surface area contributed by atoms with Crippen molar-refractivity contribution in [2.45, 2.75) is 26.7 Å². The minimum Gasteiger partial charge on any atom is -1.00 e. The van der Waals surface area contributed by atoms with Gasteiger partial charge in [0.15, 0.2) is 0 Å². The molecule has 0 fully saturated rings. The van der Waals surface area contributed by atoms with Crippen molar-refractivity contribution in [2.75, 3.05) is 0 Å². The summed E-state index contributed by atoms with van der Waals surface area (Å²) in [5, 5.41) is 5.48. The molecule has 126 valence electrons. The first-order valence-electron chi connectivity index (χ1n) is 7.99. The van der Waals surface area contributed by atoms with Gasteiger partial charge < -0.3 is 24.8 Å². The predicted octanol–water partition coefficient (Wildman–Crippen LogP) is -0.162. The number of hydrogen-bond donors (Lipinski definition) is 0. The van der Waals surface area contributed by atoms with Gasteiger partial charge in [0.05, 0.1) is 0 Å². The number of hydrogen-bond acceptors (Lipinski definition) is 0. The fraction of sp³-hybridized carbons (Fsp3) is 0.182. The summed E-state index contributed by atoms with van der Waals surface area (Å²) < 4.78 is 0. The van der Waals surface area contributed by atoms with Crippen molar-refractivity contribution in [1.82, 2.24) is 0 Å². The molecule has 0 aliphatic carbocycles. The maximum Gasteiger partial charge on any atom is 4.00 e. The predicted molar refractivity (Wildman–Crippen MR) is 96.0 cm³/mol. The Morgan fingerprint density at radius 2 is 1.04 bits per heavy atom. The molecule has 0 saturated heterocycles. The van der Waals surface area contributed by atoms with Gasteiger partial charge in [-0.1, -0.05) is 11.1 Å². The van der Waals surface area contributed by atoms with Crippen LogP contribution in [0.5, 0.6) is 0 Å². The number of benzene rings is 2. The normalized spacial score (nSPS) is 10.2. The van der Waals surface area contributed by atoms with Gasteiger partial charge in [0.25, 0.3) is 0 Å². The van der Waals surface area contributed by atoms with Crippen LogP contribution >= 0.6 is 0 Å². The van der Waals surface area contributed by atoms with Gasteiger partial charge in [0.1, 0.15) is 0 Å². The first-order chi connectivity index (χ1) is 10.7. The van der Waals surface area contributed by atoms with Crippen LogP contribution in [-0.4, -0.2) is 0 Å². The van der Waals surface area contributed by atoms with E-state index in [1.807, 2.05) is 0 Å². The van der Waals surface area contributed by atoms with E-state index in [1.165, 1.54) is 43.8 Å². The summed E-state index contributed by atoms with van der Waals surface area (Å²) in [5.41, 5.74) is 5.56. The van der Waals surface area contributed by atoms with Crippen molar-refractivity contribution in [3.63, 3.8) is 0 Å². The molecule has 4 aromatic rings. The number of halogens is 2. The summed E-state index contributed by atoms with van der Waals surface area (Å²) in [6, 6.07) is 22.8. The van der Waals surface area contributed by atoms with Crippen LogP contribution in [0.2, 0.25) is 0 Å². The van der Waals surface area contributed by atoms with Crippen molar-refractivity contribution in [1.29, 1.82) is 0 Å². The molecule has 3 heteroatoms. The second kappa shape index (κ2) is 9.17. The van der Waals surface area contributed by atoms with Crippen LogP contribution in [0.3, 0.4) is 0 Å². The zero-order chi connectivity index (χ0) is 15.1. The largest absolute Gasteiger partial charge is 4.00 e. The fourth-order valence-electron chi connectivity index (χ4n) is 3.36. The standard InChI is InChI=1S/C22H20.2ClH.Zr/c1-15-3-7-19-11-17(13-21(19)9-15)5-6-18-12-20-8-4-16(2)10-22(20)14-18;;;/h3-4,7-14H,5-6H2,1-2H3;2*1H;/q-2;;;+4/p-2. The molecule has 4 aromatic carbocycles. The van der Waals surface area contributed by atoms with E-state index in [0.29, 0.717) is 0 Å². The average molecular weight is 447 g/mol. The van der Waals surface area contributed by atoms with E-state index in [9.17, 15) is 0 Å². The molecule has 25 heavy (non-hydrogen) atoms. The molecular weight excluding hydrogens is 426 g/mol.